The summed E-state index contributed by atoms with van der Waals surface area (Å²) in [6.45, 7) is 0.217. The molecule has 1 aliphatic carbocycles. The Labute approximate surface area is 125 Å². The summed E-state index contributed by atoms with van der Waals surface area (Å²) in [5, 5.41) is 12.9. The van der Waals surface area contributed by atoms with E-state index in [1.165, 1.54) is 5.56 Å². The summed E-state index contributed by atoms with van der Waals surface area (Å²) >= 11 is 0. The first-order valence-electron chi connectivity index (χ1n) is 7.38. The molecule has 0 aliphatic heterocycles. The quantitative estimate of drug-likeness (QED) is 0.828. The van der Waals surface area contributed by atoms with Crippen molar-refractivity contribution in [3.05, 3.63) is 78.1 Å². The third-order valence-corrected chi connectivity index (χ3v) is 3.90. The van der Waals surface area contributed by atoms with Gasteiger partial charge in [0.05, 0.1) is 11.7 Å². The fourth-order valence-electron chi connectivity index (χ4n) is 2.79. The van der Waals surface area contributed by atoms with Crippen molar-refractivity contribution in [2.24, 2.45) is 5.92 Å². The fraction of sp³-hybridized carbons (Fsp3) is 0.278. The van der Waals surface area contributed by atoms with E-state index in [2.05, 4.69) is 34.6 Å². The van der Waals surface area contributed by atoms with E-state index in [0.717, 1.165) is 12.1 Å². The molecule has 1 aromatic heterocycles. The van der Waals surface area contributed by atoms with Crippen LogP contribution in [0, 0.1) is 5.92 Å². The van der Waals surface area contributed by atoms with Crippen molar-refractivity contribution in [3.63, 3.8) is 0 Å². The molecule has 0 fully saturated rings. The molecule has 3 heteroatoms. The van der Waals surface area contributed by atoms with Crippen LogP contribution in [0.2, 0.25) is 0 Å². The maximum Gasteiger partial charge on any atom is 0.0755 e. The lowest BCUT2D eigenvalue weighted by molar-refractivity contribution is 0.245. The Morgan fingerprint density at radius 3 is 2.57 bits per heavy atom. The largest absolute Gasteiger partial charge is 0.396 e. The zero-order chi connectivity index (χ0) is 14.5. The summed E-state index contributed by atoms with van der Waals surface area (Å²) in [6, 6.07) is 16.7. The summed E-state index contributed by atoms with van der Waals surface area (Å²) in [5.74, 6) is 0.266. The molecule has 108 valence electrons. The van der Waals surface area contributed by atoms with E-state index in [1.807, 2.05) is 42.6 Å². The minimum Gasteiger partial charge on any atom is -0.396 e. The van der Waals surface area contributed by atoms with Gasteiger partial charge in [0.1, 0.15) is 0 Å². The molecule has 0 bridgehead atoms. The normalized spacial score (nSPS) is 22.3. The number of aliphatic hydroxyl groups is 1. The Balaban J connectivity index is 1.82. The summed E-state index contributed by atoms with van der Waals surface area (Å²) < 4.78 is 0. The molecule has 3 nitrogen and oxygen atoms in total. The highest BCUT2D eigenvalue weighted by Crippen LogP contribution is 2.25. The van der Waals surface area contributed by atoms with Crippen molar-refractivity contribution in [1.29, 1.82) is 0 Å². The number of nitrogens with zero attached hydrogens (tertiary/aromatic N) is 1. The first-order chi connectivity index (χ1) is 10.4. The van der Waals surface area contributed by atoms with Gasteiger partial charge in [0, 0.05) is 24.8 Å². The lowest BCUT2D eigenvalue weighted by Crippen LogP contribution is -2.32. The molecule has 1 aromatic carbocycles. The fourth-order valence-corrected chi connectivity index (χ4v) is 2.79. The van der Waals surface area contributed by atoms with Gasteiger partial charge < -0.3 is 5.11 Å². The van der Waals surface area contributed by atoms with Crippen molar-refractivity contribution < 1.29 is 5.11 Å². The second kappa shape index (κ2) is 6.66. The second-order valence-electron chi connectivity index (χ2n) is 5.43. The lowest BCUT2D eigenvalue weighted by atomic mass is 10.0. The highest BCUT2D eigenvalue weighted by Gasteiger charge is 2.23. The van der Waals surface area contributed by atoms with Crippen LogP contribution in [-0.2, 0) is 0 Å². The summed E-state index contributed by atoms with van der Waals surface area (Å²) in [5.41, 5.74) is 2.22. The van der Waals surface area contributed by atoms with Crippen LogP contribution in [0.3, 0.4) is 0 Å². The van der Waals surface area contributed by atoms with Gasteiger partial charge in [-0.05, 0) is 24.1 Å². The van der Waals surface area contributed by atoms with Crippen LogP contribution in [0.4, 0.5) is 0 Å². The minimum absolute atomic E-state index is 0.0690. The van der Waals surface area contributed by atoms with E-state index in [4.69, 9.17) is 0 Å². The molecule has 2 N–H and O–H groups in total. The summed E-state index contributed by atoms with van der Waals surface area (Å²) in [6.07, 6.45) is 7.01. The van der Waals surface area contributed by atoms with Crippen LogP contribution >= 0.6 is 0 Å². The molecule has 0 saturated heterocycles. The number of hydrogen-bond donors (Lipinski definition) is 2. The van der Waals surface area contributed by atoms with Crippen LogP contribution in [-0.4, -0.2) is 22.7 Å². The van der Waals surface area contributed by atoms with Gasteiger partial charge in [0.25, 0.3) is 0 Å². The van der Waals surface area contributed by atoms with Crippen LogP contribution in [0.25, 0.3) is 0 Å². The molecule has 0 spiro atoms. The SMILES string of the molecule is OC[C@H]1C=C[C@@H](N[C@H](c2ccccc2)c2ccccn2)C1. The summed E-state index contributed by atoms with van der Waals surface area (Å²) in [7, 11) is 0. The average molecular weight is 280 g/mol. The number of aliphatic hydroxyl groups excluding tert-OH is 1. The number of nitrogens with one attached hydrogen (secondary N) is 1. The minimum atomic E-state index is 0.0690. The molecule has 2 aromatic rings. The lowest BCUT2D eigenvalue weighted by Gasteiger charge is -2.23. The van der Waals surface area contributed by atoms with Crippen molar-refractivity contribution in [1.82, 2.24) is 10.3 Å². The summed E-state index contributed by atoms with van der Waals surface area (Å²) in [4.78, 5) is 4.50. The molecular formula is C18H20N2O. The van der Waals surface area contributed by atoms with Gasteiger partial charge in [-0.25, -0.2) is 0 Å². The molecule has 0 saturated carbocycles. The maximum atomic E-state index is 9.26. The van der Waals surface area contributed by atoms with Crippen LogP contribution < -0.4 is 5.32 Å². The van der Waals surface area contributed by atoms with E-state index in [9.17, 15) is 5.11 Å². The van der Waals surface area contributed by atoms with Crippen LogP contribution in [0.5, 0.6) is 0 Å². The van der Waals surface area contributed by atoms with Crippen LogP contribution in [0.15, 0.2) is 66.9 Å². The van der Waals surface area contributed by atoms with E-state index in [-0.39, 0.29) is 24.6 Å². The maximum absolute atomic E-state index is 9.26. The first-order valence-corrected chi connectivity index (χ1v) is 7.38. The Bertz CT molecular complexity index is 543. The molecule has 3 atom stereocenters. The van der Waals surface area contributed by atoms with Gasteiger partial charge in [0.2, 0.25) is 0 Å². The molecule has 1 heterocycles. The second-order valence-corrected chi connectivity index (χ2v) is 5.43. The van der Waals surface area contributed by atoms with Gasteiger partial charge in [0.15, 0.2) is 0 Å². The first kappa shape index (κ1) is 14.0. The van der Waals surface area contributed by atoms with Gasteiger partial charge in [-0.15, -0.1) is 0 Å². The number of hydrogen-bond acceptors (Lipinski definition) is 3. The Morgan fingerprint density at radius 2 is 1.90 bits per heavy atom. The molecule has 1 aliphatic rings. The molecule has 0 amide bonds. The highest BCUT2D eigenvalue weighted by molar-refractivity contribution is 5.28. The third-order valence-electron chi connectivity index (χ3n) is 3.90. The monoisotopic (exact) mass is 280 g/mol. The number of aromatic nitrogens is 1. The van der Waals surface area contributed by atoms with Crippen molar-refractivity contribution in [2.45, 2.75) is 18.5 Å². The van der Waals surface area contributed by atoms with Gasteiger partial charge in [-0.1, -0.05) is 48.6 Å². The standard InChI is InChI=1S/C18H20N2O/c21-13-14-9-10-16(12-14)20-18(15-6-2-1-3-7-15)17-8-4-5-11-19-17/h1-11,14,16,18,20-21H,12-13H2/t14-,16+,18+/m0/s1. The number of rotatable bonds is 5. The van der Waals surface area contributed by atoms with Crippen LogP contribution in [0.1, 0.15) is 23.7 Å². The van der Waals surface area contributed by atoms with E-state index in [0.29, 0.717) is 0 Å². The van der Waals surface area contributed by atoms with Crippen molar-refractivity contribution in [3.8, 4) is 0 Å². The Hall–Kier alpha value is -1.97. The Kier molecular flexibility index (Phi) is 4.43. The molecule has 0 radical (unpaired) electrons. The number of pyridine rings is 1. The average Bonchev–Trinajstić information content (AvgIpc) is 3.02. The van der Waals surface area contributed by atoms with Crippen molar-refractivity contribution in [2.75, 3.05) is 6.61 Å². The Morgan fingerprint density at radius 1 is 1.10 bits per heavy atom. The van der Waals surface area contributed by atoms with Crippen molar-refractivity contribution >= 4 is 0 Å². The smallest absolute Gasteiger partial charge is 0.0755 e. The molecule has 21 heavy (non-hydrogen) atoms. The van der Waals surface area contributed by atoms with E-state index in [1.54, 1.807) is 0 Å². The third kappa shape index (κ3) is 3.38. The van der Waals surface area contributed by atoms with Gasteiger partial charge in [-0.2, -0.15) is 0 Å². The van der Waals surface area contributed by atoms with E-state index >= 15 is 0 Å². The number of benzene rings is 1. The predicted molar refractivity (Wildman–Crippen MR) is 83.8 cm³/mol. The van der Waals surface area contributed by atoms with E-state index < -0.39 is 0 Å². The zero-order valence-corrected chi connectivity index (χ0v) is 11.9. The van der Waals surface area contributed by atoms with Gasteiger partial charge >= 0.3 is 0 Å². The predicted octanol–water partition coefficient (Wildman–Crippen LogP) is 2.70. The molecule has 0 unspecified atom stereocenters. The zero-order valence-electron chi connectivity index (χ0n) is 11.9. The molecule has 3 rings (SSSR count). The topological polar surface area (TPSA) is 45.1 Å². The highest BCUT2D eigenvalue weighted by atomic mass is 16.3. The molecular weight excluding hydrogens is 260 g/mol. The van der Waals surface area contributed by atoms with Gasteiger partial charge in [-0.3, -0.25) is 10.3 Å².